The van der Waals surface area contributed by atoms with E-state index in [4.69, 9.17) is 5.73 Å². The van der Waals surface area contributed by atoms with E-state index in [-0.39, 0.29) is 0 Å². The van der Waals surface area contributed by atoms with Crippen LogP contribution >= 0.6 is 0 Å². The van der Waals surface area contributed by atoms with Crippen LogP contribution in [-0.2, 0) is 0 Å². The first-order valence-corrected chi connectivity index (χ1v) is 3.63. The van der Waals surface area contributed by atoms with Crippen molar-refractivity contribution in [2.24, 2.45) is 5.73 Å². The summed E-state index contributed by atoms with van der Waals surface area (Å²) in [5.41, 5.74) is 6.30. The van der Waals surface area contributed by atoms with E-state index in [1.165, 1.54) is 6.20 Å². The number of nitrogens with one attached hydrogen (secondary N) is 1. The third kappa shape index (κ3) is 4.01. The second-order valence-corrected chi connectivity index (χ2v) is 2.03. The molecule has 0 atom stereocenters. The SMILES string of the molecule is C/C=C(\C=C/N)NCCC. The summed E-state index contributed by atoms with van der Waals surface area (Å²) in [7, 11) is 0. The van der Waals surface area contributed by atoms with Crippen LogP contribution in [0, 0.1) is 0 Å². The predicted molar refractivity (Wildman–Crippen MR) is 45.4 cm³/mol. The minimum absolute atomic E-state index is 1.00. The van der Waals surface area contributed by atoms with Gasteiger partial charge in [0.15, 0.2) is 0 Å². The van der Waals surface area contributed by atoms with Gasteiger partial charge in [0.2, 0.25) is 0 Å². The van der Waals surface area contributed by atoms with Crippen LogP contribution in [0.1, 0.15) is 20.3 Å². The molecule has 2 heteroatoms. The Labute approximate surface area is 62.8 Å². The quantitative estimate of drug-likeness (QED) is 0.579. The number of rotatable bonds is 4. The second-order valence-electron chi connectivity index (χ2n) is 2.03. The minimum Gasteiger partial charge on any atom is -0.405 e. The average molecular weight is 140 g/mol. The summed E-state index contributed by atoms with van der Waals surface area (Å²) < 4.78 is 0. The van der Waals surface area contributed by atoms with Crippen molar-refractivity contribution in [2.75, 3.05) is 6.54 Å². The molecule has 0 aromatic carbocycles. The van der Waals surface area contributed by atoms with Crippen LogP contribution in [0.2, 0.25) is 0 Å². The Bertz CT molecular complexity index is 125. The second kappa shape index (κ2) is 6.20. The first-order valence-electron chi connectivity index (χ1n) is 3.63. The molecule has 58 valence electrons. The van der Waals surface area contributed by atoms with Crippen LogP contribution in [0.15, 0.2) is 24.0 Å². The van der Waals surface area contributed by atoms with Crippen molar-refractivity contribution in [2.45, 2.75) is 20.3 Å². The number of allylic oxidation sites excluding steroid dienone is 2. The molecule has 0 amide bonds. The van der Waals surface area contributed by atoms with Crippen molar-refractivity contribution in [1.29, 1.82) is 0 Å². The largest absolute Gasteiger partial charge is 0.405 e. The van der Waals surface area contributed by atoms with Gasteiger partial charge in [-0.1, -0.05) is 13.0 Å². The molecule has 0 fully saturated rings. The molecule has 0 aliphatic rings. The molecule has 0 unspecified atom stereocenters. The highest BCUT2D eigenvalue weighted by Gasteiger charge is 1.84. The van der Waals surface area contributed by atoms with E-state index < -0.39 is 0 Å². The summed E-state index contributed by atoms with van der Waals surface area (Å²) in [6.07, 6.45) is 6.53. The summed E-state index contributed by atoms with van der Waals surface area (Å²) in [6, 6.07) is 0. The van der Waals surface area contributed by atoms with Crippen LogP contribution in [0.3, 0.4) is 0 Å². The highest BCUT2D eigenvalue weighted by molar-refractivity contribution is 5.14. The van der Waals surface area contributed by atoms with Gasteiger partial charge in [0.1, 0.15) is 0 Å². The van der Waals surface area contributed by atoms with Gasteiger partial charge in [-0.05, 0) is 25.6 Å². The maximum atomic E-state index is 5.22. The van der Waals surface area contributed by atoms with Gasteiger partial charge in [-0.2, -0.15) is 0 Å². The fourth-order valence-electron chi connectivity index (χ4n) is 0.630. The van der Waals surface area contributed by atoms with Gasteiger partial charge < -0.3 is 11.1 Å². The molecule has 0 aromatic heterocycles. The van der Waals surface area contributed by atoms with Gasteiger partial charge >= 0.3 is 0 Å². The zero-order chi connectivity index (χ0) is 7.82. The van der Waals surface area contributed by atoms with E-state index in [2.05, 4.69) is 12.2 Å². The zero-order valence-electron chi connectivity index (χ0n) is 6.72. The van der Waals surface area contributed by atoms with E-state index in [9.17, 15) is 0 Å². The lowest BCUT2D eigenvalue weighted by molar-refractivity contribution is 0.783. The smallest absolute Gasteiger partial charge is 0.0311 e. The Morgan fingerprint density at radius 3 is 2.70 bits per heavy atom. The van der Waals surface area contributed by atoms with E-state index in [1.54, 1.807) is 0 Å². The van der Waals surface area contributed by atoms with Gasteiger partial charge in [-0.15, -0.1) is 0 Å². The Kier molecular flexibility index (Phi) is 5.63. The van der Waals surface area contributed by atoms with E-state index in [1.807, 2.05) is 19.1 Å². The van der Waals surface area contributed by atoms with Crippen molar-refractivity contribution < 1.29 is 0 Å². The predicted octanol–water partition coefficient (Wildman–Crippen LogP) is 1.36. The number of hydrogen-bond donors (Lipinski definition) is 2. The minimum atomic E-state index is 1.00. The van der Waals surface area contributed by atoms with Crippen LogP contribution in [-0.4, -0.2) is 6.54 Å². The standard InChI is InChI=1S/C8H16N2/c1-3-7-10-8(4-2)5-6-9/h4-6,10H,3,7,9H2,1-2H3/b6-5-,8-4+. The van der Waals surface area contributed by atoms with E-state index in [0.717, 1.165) is 18.7 Å². The first-order chi connectivity index (χ1) is 4.85. The zero-order valence-corrected chi connectivity index (χ0v) is 6.72. The fourth-order valence-corrected chi connectivity index (χ4v) is 0.630. The highest BCUT2D eigenvalue weighted by atomic mass is 14.9. The fraction of sp³-hybridized carbons (Fsp3) is 0.500. The van der Waals surface area contributed by atoms with Crippen LogP contribution in [0.5, 0.6) is 0 Å². The molecular formula is C8H16N2. The van der Waals surface area contributed by atoms with Gasteiger partial charge in [0.05, 0.1) is 0 Å². The lowest BCUT2D eigenvalue weighted by atomic mass is 10.3. The third-order valence-electron chi connectivity index (χ3n) is 1.17. The van der Waals surface area contributed by atoms with Gasteiger partial charge in [-0.25, -0.2) is 0 Å². The van der Waals surface area contributed by atoms with Gasteiger partial charge in [0.25, 0.3) is 0 Å². The lowest BCUT2D eigenvalue weighted by Gasteiger charge is -2.02. The molecule has 0 aliphatic heterocycles. The Morgan fingerprint density at radius 1 is 1.60 bits per heavy atom. The maximum absolute atomic E-state index is 5.22. The normalized spacial score (nSPS) is 12.4. The van der Waals surface area contributed by atoms with Crippen LogP contribution in [0.4, 0.5) is 0 Å². The highest BCUT2D eigenvalue weighted by Crippen LogP contribution is 1.89. The molecule has 0 heterocycles. The summed E-state index contributed by atoms with van der Waals surface area (Å²) in [6.45, 7) is 5.12. The molecular weight excluding hydrogens is 124 g/mol. The van der Waals surface area contributed by atoms with E-state index >= 15 is 0 Å². The Morgan fingerprint density at radius 2 is 2.30 bits per heavy atom. The Balaban J connectivity index is 3.62. The topological polar surface area (TPSA) is 38.0 Å². The van der Waals surface area contributed by atoms with Crippen molar-refractivity contribution >= 4 is 0 Å². The van der Waals surface area contributed by atoms with Crippen LogP contribution in [0.25, 0.3) is 0 Å². The molecule has 0 saturated carbocycles. The third-order valence-corrected chi connectivity index (χ3v) is 1.17. The molecule has 0 radical (unpaired) electrons. The lowest BCUT2D eigenvalue weighted by Crippen LogP contribution is -2.12. The van der Waals surface area contributed by atoms with E-state index in [0.29, 0.717) is 0 Å². The van der Waals surface area contributed by atoms with Crippen molar-refractivity contribution in [3.05, 3.63) is 24.0 Å². The molecule has 2 nitrogen and oxygen atoms in total. The summed E-state index contributed by atoms with van der Waals surface area (Å²) in [4.78, 5) is 0. The summed E-state index contributed by atoms with van der Waals surface area (Å²) >= 11 is 0. The van der Waals surface area contributed by atoms with Gasteiger partial charge in [0, 0.05) is 12.2 Å². The van der Waals surface area contributed by atoms with Crippen molar-refractivity contribution in [1.82, 2.24) is 5.32 Å². The molecule has 0 aromatic rings. The molecule has 0 rings (SSSR count). The first kappa shape index (κ1) is 9.08. The average Bonchev–Trinajstić information content (AvgIpc) is 1.98. The summed E-state index contributed by atoms with van der Waals surface area (Å²) in [5, 5.41) is 3.21. The maximum Gasteiger partial charge on any atom is 0.0311 e. The monoisotopic (exact) mass is 140 g/mol. The number of hydrogen-bond acceptors (Lipinski definition) is 2. The van der Waals surface area contributed by atoms with Gasteiger partial charge in [-0.3, -0.25) is 0 Å². The van der Waals surface area contributed by atoms with Crippen LogP contribution < -0.4 is 11.1 Å². The van der Waals surface area contributed by atoms with Crippen molar-refractivity contribution in [3.63, 3.8) is 0 Å². The summed E-state index contributed by atoms with van der Waals surface area (Å²) in [5.74, 6) is 0. The molecule has 3 N–H and O–H groups in total. The molecule has 0 spiro atoms. The molecule has 0 saturated heterocycles. The molecule has 0 aliphatic carbocycles. The van der Waals surface area contributed by atoms with Crippen molar-refractivity contribution in [3.8, 4) is 0 Å². The molecule has 10 heavy (non-hydrogen) atoms. The number of nitrogens with two attached hydrogens (primary N) is 1. The molecule has 0 bridgehead atoms. The Hall–Kier alpha value is -0.920.